The number of benzene rings is 1. The maximum atomic E-state index is 13.1. The molecule has 2 aliphatic rings. The third kappa shape index (κ3) is 3.99. The van der Waals surface area contributed by atoms with E-state index in [0.717, 1.165) is 5.56 Å². The van der Waals surface area contributed by atoms with E-state index in [9.17, 15) is 14.0 Å². The highest BCUT2D eigenvalue weighted by atomic mass is 19.1. The van der Waals surface area contributed by atoms with Crippen molar-refractivity contribution < 1.29 is 18.7 Å². The molecule has 1 amide bonds. The molecule has 2 atom stereocenters. The van der Waals surface area contributed by atoms with Crippen LogP contribution >= 0.6 is 0 Å². The van der Waals surface area contributed by atoms with Gasteiger partial charge >= 0.3 is 5.97 Å². The van der Waals surface area contributed by atoms with Crippen molar-refractivity contribution in [3.05, 3.63) is 35.6 Å². The molecule has 136 valence electrons. The van der Waals surface area contributed by atoms with E-state index >= 15 is 0 Å². The fraction of sp³-hybridized carbons (Fsp3) is 0.556. The molecule has 2 saturated heterocycles. The van der Waals surface area contributed by atoms with Crippen LogP contribution in [0.5, 0.6) is 0 Å². The Morgan fingerprint density at radius 2 is 1.92 bits per heavy atom. The molecule has 0 radical (unpaired) electrons. The first-order valence-electron chi connectivity index (χ1n) is 8.79. The lowest BCUT2D eigenvalue weighted by Gasteiger charge is -2.33. The second-order valence-corrected chi connectivity index (χ2v) is 6.51. The van der Waals surface area contributed by atoms with Gasteiger partial charge < -0.3 is 9.64 Å². The van der Waals surface area contributed by atoms with E-state index in [1.807, 2.05) is 4.90 Å². The second kappa shape index (κ2) is 7.93. The zero-order valence-electron chi connectivity index (χ0n) is 14.3. The lowest BCUT2D eigenvalue weighted by Crippen LogP contribution is -2.45. The van der Waals surface area contributed by atoms with Crippen molar-refractivity contribution in [3.8, 4) is 0 Å². The van der Waals surface area contributed by atoms with Crippen LogP contribution in [0.2, 0.25) is 0 Å². The number of likely N-dealkylation sites (tertiary alicyclic amines) is 1. The molecule has 2 heterocycles. The minimum absolute atomic E-state index is 0.0640. The zero-order valence-corrected chi connectivity index (χ0v) is 14.3. The number of amides is 1. The number of ether oxygens (including phenoxy) is 1. The van der Waals surface area contributed by atoms with E-state index in [-0.39, 0.29) is 35.6 Å². The molecule has 2 fully saturated rings. The molecule has 7 heteroatoms. The lowest BCUT2D eigenvalue weighted by molar-refractivity contribution is -0.151. The van der Waals surface area contributed by atoms with Crippen LogP contribution in [0.1, 0.15) is 31.4 Å². The predicted molar refractivity (Wildman–Crippen MR) is 89.7 cm³/mol. The first kappa shape index (κ1) is 17.8. The summed E-state index contributed by atoms with van der Waals surface area (Å²) in [7, 11) is 0. The molecule has 0 spiro atoms. The second-order valence-electron chi connectivity index (χ2n) is 6.51. The molecule has 25 heavy (non-hydrogen) atoms. The Bertz CT molecular complexity index is 614. The third-order valence-electron chi connectivity index (χ3n) is 4.95. The Morgan fingerprint density at radius 3 is 2.56 bits per heavy atom. The van der Waals surface area contributed by atoms with Crippen LogP contribution < -0.4 is 10.9 Å². The number of esters is 1. The molecule has 0 aliphatic carbocycles. The van der Waals surface area contributed by atoms with E-state index in [1.54, 1.807) is 19.1 Å². The molecule has 6 nitrogen and oxygen atoms in total. The highest BCUT2D eigenvalue weighted by Crippen LogP contribution is 2.28. The Kier molecular flexibility index (Phi) is 5.65. The summed E-state index contributed by atoms with van der Waals surface area (Å²) in [6.45, 7) is 3.84. The Balaban J connectivity index is 1.61. The summed E-state index contributed by atoms with van der Waals surface area (Å²) in [6, 6.07) is 6.03. The quantitative estimate of drug-likeness (QED) is 0.804. The van der Waals surface area contributed by atoms with Gasteiger partial charge in [-0.1, -0.05) is 12.1 Å². The van der Waals surface area contributed by atoms with Crippen molar-refractivity contribution in [2.45, 2.75) is 25.8 Å². The van der Waals surface area contributed by atoms with Gasteiger partial charge in [0.1, 0.15) is 5.82 Å². The van der Waals surface area contributed by atoms with Crippen molar-refractivity contribution in [1.29, 1.82) is 0 Å². The molecule has 0 aromatic heterocycles. The number of rotatable bonds is 4. The molecule has 0 saturated carbocycles. The fourth-order valence-electron chi connectivity index (χ4n) is 3.54. The monoisotopic (exact) mass is 349 g/mol. The van der Waals surface area contributed by atoms with Crippen molar-refractivity contribution in [2.24, 2.45) is 11.8 Å². The number of piperidine rings is 1. The maximum Gasteiger partial charge on any atom is 0.309 e. The van der Waals surface area contributed by atoms with Crippen LogP contribution in [0.4, 0.5) is 4.39 Å². The molecule has 2 N–H and O–H groups in total. The normalized spacial score (nSPS) is 24.3. The van der Waals surface area contributed by atoms with Crippen LogP contribution in [0.3, 0.4) is 0 Å². The summed E-state index contributed by atoms with van der Waals surface area (Å²) < 4.78 is 18.2. The van der Waals surface area contributed by atoms with Crippen LogP contribution in [-0.4, -0.2) is 43.0 Å². The molecule has 2 aliphatic heterocycles. The molecular weight excluding hydrogens is 325 g/mol. The van der Waals surface area contributed by atoms with Gasteiger partial charge in [-0.25, -0.2) is 9.82 Å². The van der Waals surface area contributed by atoms with Gasteiger partial charge in [-0.3, -0.25) is 15.0 Å². The van der Waals surface area contributed by atoms with Crippen molar-refractivity contribution in [2.75, 3.05) is 26.2 Å². The van der Waals surface area contributed by atoms with Crippen LogP contribution in [-0.2, 0) is 14.3 Å². The van der Waals surface area contributed by atoms with Gasteiger partial charge in [-0.05, 0) is 37.5 Å². The number of hydrazine groups is 1. The van der Waals surface area contributed by atoms with Crippen LogP contribution in [0, 0.1) is 17.7 Å². The number of nitrogens with zero attached hydrogens (tertiary/aromatic N) is 1. The number of nitrogens with one attached hydrogen (secondary N) is 2. The molecular formula is C18H24FN3O3. The zero-order chi connectivity index (χ0) is 17.8. The number of hydrogen-bond donors (Lipinski definition) is 2. The molecule has 2 unspecified atom stereocenters. The van der Waals surface area contributed by atoms with Gasteiger partial charge in [0.2, 0.25) is 5.91 Å². The summed E-state index contributed by atoms with van der Waals surface area (Å²) in [6.07, 6.45) is 1.28. The molecule has 3 rings (SSSR count). The van der Waals surface area contributed by atoms with E-state index in [1.165, 1.54) is 12.1 Å². The van der Waals surface area contributed by atoms with Gasteiger partial charge in [-0.15, -0.1) is 0 Å². The van der Waals surface area contributed by atoms with Crippen molar-refractivity contribution in [1.82, 2.24) is 15.8 Å². The van der Waals surface area contributed by atoms with Gasteiger partial charge in [0.15, 0.2) is 0 Å². The minimum Gasteiger partial charge on any atom is -0.466 e. The number of carbonyl (C=O) groups is 2. The minimum atomic E-state index is -0.293. The number of hydrogen-bond acceptors (Lipinski definition) is 5. The molecule has 1 aromatic rings. The number of carbonyl (C=O) groups excluding carboxylic acids is 2. The van der Waals surface area contributed by atoms with E-state index in [0.29, 0.717) is 39.1 Å². The smallest absolute Gasteiger partial charge is 0.309 e. The van der Waals surface area contributed by atoms with E-state index < -0.39 is 0 Å². The summed E-state index contributed by atoms with van der Waals surface area (Å²) in [5.74, 6) is -0.753. The van der Waals surface area contributed by atoms with Gasteiger partial charge in [-0.2, -0.15) is 0 Å². The van der Waals surface area contributed by atoms with Crippen LogP contribution in [0.25, 0.3) is 0 Å². The van der Waals surface area contributed by atoms with E-state index in [2.05, 4.69) is 10.9 Å². The average Bonchev–Trinajstić information content (AvgIpc) is 3.12. The Labute approximate surface area is 146 Å². The lowest BCUT2D eigenvalue weighted by atomic mass is 9.91. The third-order valence-corrected chi connectivity index (χ3v) is 4.95. The summed E-state index contributed by atoms with van der Waals surface area (Å²) in [5.41, 5.74) is 7.03. The van der Waals surface area contributed by atoms with Crippen molar-refractivity contribution in [3.63, 3.8) is 0 Å². The number of halogens is 1. The summed E-state index contributed by atoms with van der Waals surface area (Å²) in [5, 5.41) is 0. The maximum absolute atomic E-state index is 13.1. The largest absolute Gasteiger partial charge is 0.466 e. The summed E-state index contributed by atoms with van der Waals surface area (Å²) in [4.78, 5) is 26.6. The molecule has 0 bridgehead atoms. The average molecular weight is 349 g/mol. The van der Waals surface area contributed by atoms with E-state index in [4.69, 9.17) is 4.74 Å². The highest BCUT2D eigenvalue weighted by Gasteiger charge is 2.38. The Hall–Kier alpha value is -1.99. The summed E-state index contributed by atoms with van der Waals surface area (Å²) >= 11 is 0. The van der Waals surface area contributed by atoms with Gasteiger partial charge in [0.05, 0.1) is 24.5 Å². The first-order chi connectivity index (χ1) is 12.1. The highest BCUT2D eigenvalue weighted by molar-refractivity contribution is 5.81. The van der Waals surface area contributed by atoms with Crippen LogP contribution in [0.15, 0.2) is 24.3 Å². The Morgan fingerprint density at radius 1 is 1.24 bits per heavy atom. The fourth-order valence-corrected chi connectivity index (χ4v) is 3.54. The first-order valence-corrected chi connectivity index (χ1v) is 8.79. The topological polar surface area (TPSA) is 70.7 Å². The van der Waals surface area contributed by atoms with Crippen molar-refractivity contribution >= 4 is 11.9 Å². The molecule has 1 aromatic carbocycles. The predicted octanol–water partition coefficient (Wildman–Crippen LogP) is 1.39. The SMILES string of the molecule is CCOC(=O)C1CCN(C(=O)C2CNNC2c2ccc(F)cc2)CC1. The standard InChI is InChI=1S/C18H24FN3O3/c1-2-25-18(24)13-7-9-22(10-8-13)17(23)15-11-20-21-16(15)12-3-5-14(19)6-4-12/h3-6,13,15-16,20-21H,2,7-11H2,1H3. The van der Waals surface area contributed by atoms with Gasteiger partial charge in [0, 0.05) is 19.6 Å². The van der Waals surface area contributed by atoms with Gasteiger partial charge in [0.25, 0.3) is 0 Å².